The lowest BCUT2D eigenvalue weighted by Gasteiger charge is -2.22. The first kappa shape index (κ1) is 24.4. The Bertz CT molecular complexity index is 1280. The molecule has 0 unspecified atom stereocenters. The van der Waals surface area contributed by atoms with E-state index in [0.29, 0.717) is 40.6 Å². The van der Waals surface area contributed by atoms with Gasteiger partial charge in [-0.2, -0.15) is 9.40 Å². The van der Waals surface area contributed by atoms with Gasteiger partial charge in [-0.15, -0.1) is 0 Å². The van der Waals surface area contributed by atoms with Crippen LogP contribution in [-0.2, 0) is 27.8 Å². The van der Waals surface area contributed by atoms with Crippen LogP contribution >= 0.6 is 11.6 Å². The van der Waals surface area contributed by atoms with Crippen molar-refractivity contribution in [3.63, 3.8) is 0 Å². The Morgan fingerprint density at radius 1 is 1.03 bits per heavy atom. The summed E-state index contributed by atoms with van der Waals surface area (Å²) in [7, 11) is -3.64. The maximum atomic E-state index is 13.5. The molecular formula is C25H28ClN3O4S. The smallest absolute Gasteiger partial charge is 0.307 e. The molecule has 4 rings (SSSR count). The summed E-state index contributed by atoms with van der Waals surface area (Å²) in [5.74, 6) is -0.956. The second kappa shape index (κ2) is 10.3. The van der Waals surface area contributed by atoms with Crippen LogP contribution in [0, 0.1) is 6.92 Å². The number of aromatic nitrogens is 2. The molecular weight excluding hydrogens is 474 g/mol. The molecule has 1 aliphatic rings. The van der Waals surface area contributed by atoms with E-state index in [4.69, 9.17) is 16.7 Å². The lowest BCUT2D eigenvalue weighted by molar-refractivity contribution is -0.136. The number of benzene rings is 2. The topological polar surface area (TPSA) is 92.5 Å². The first-order valence-corrected chi connectivity index (χ1v) is 13.2. The third-order valence-electron chi connectivity index (χ3n) is 6.25. The van der Waals surface area contributed by atoms with Gasteiger partial charge in [0.05, 0.1) is 23.6 Å². The molecule has 0 atom stereocenters. The summed E-state index contributed by atoms with van der Waals surface area (Å²) in [6.07, 6.45) is 3.63. The van der Waals surface area contributed by atoms with E-state index < -0.39 is 16.0 Å². The molecule has 9 heteroatoms. The van der Waals surface area contributed by atoms with Gasteiger partial charge in [-0.05, 0) is 43.5 Å². The number of halogens is 1. The van der Waals surface area contributed by atoms with Crippen LogP contribution in [0.5, 0.6) is 0 Å². The molecule has 0 saturated carbocycles. The number of carboxylic acid groups (broad SMARTS) is 1. The van der Waals surface area contributed by atoms with Crippen molar-refractivity contribution in [1.82, 2.24) is 14.1 Å². The van der Waals surface area contributed by atoms with Gasteiger partial charge in [0.2, 0.25) is 10.0 Å². The summed E-state index contributed by atoms with van der Waals surface area (Å²) >= 11 is 6.02. The largest absolute Gasteiger partial charge is 0.481 e. The molecule has 0 spiro atoms. The molecule has 3 aromatic rings. The number of carboxylic acids is 1. The average molecular weight is 502 g/mol. The highest BCUT2D eigenvalue weighted by Crippen LogP contribution is 2.29. The molecule has 7 nitrogen and oxygen atoms in total. The van der Waals surface area contributed by atoms with Crippen LogP contribution in [0.25, 0.3) is 11.3 Å². The zero-order valence-electron chi connectivity index (χ0n) is 19.1. The molecule has 0 bridgehead atoms. The Morgan fingerprint density at radius 2 is 1.68 bits per heavy atom. The van der Waals surface area contributed by atoms with E-state index in [9.17, 15) is 18.3 Å². The normalized spacial score (nSPS) is 15.2. The van der Waals surface area contributed by atoms with E-state index in [1.54, 1.807) is 51.5 Å². The zero-order chi connectivity index (χ0) is 24.3. The van der Waals surface area contributed by atoms with Crippen LogP contribution in [0.3, 0.4) is 0 Å². The molecule has 1 aliphatic heterocycles. The van der Waals surface area contributed by atoms with E-state index in [2.05, 4.69) is 0 Å². The second-order valence-electron chi connectivity index (χ2n) is 8.57. The molecule has 1 fully saturated rings. The van der Waals surface area contributed by atoms with Crippen molar-refractivity contribution in [3.05, 3.63) is 70.4 Å². The van der Waals surface area contributed by atoms with Crippen molar-refractivity contribution in [2.24, 2.45) is 0 Å². The summed E-state index contributed by atoms with van der Waals surface area (Å²) < 4.78 is 30.3. The average Bonchev–Trinajstić information content (AvgIpc) is 3.00. The summed E-state index contributed by atoms with van der Waals surface area (Å²) in [6.45, 7) is 3.09. The lowest BCUT2D eigenvalue weighted by Crippen LogP contribution is -2.32. The number of sulfonamides is 1. The number of carbonyl (C=O) groups is 1. The van der Waals surface area contributed by atoms with Crippen LogP contribution in [0.1, 0.15) is 42.5 Å². The van der Waals surface area contributed by atoms with Gasteiger partial charge in [0, 0.05) is 34.9 Å². The van der Waals surface area contributed by atoms with Crippen molar-refractivity contribution in [1.29, 1.82) is 0 Å². The Morgan fingerprint density at radius 3 is 2.32 bits per heavy atom. The minimum absolute atomic E-state index is 0.183. The van der Waals surface area contributed by atoms with E-state index in [0.717, 1.165) is 31.2 Å². The standard InChI is InChI=1S/C25H28ClN3O4S/c1-18-22(16-24(30)31)25(19-10-12-21(26)13-11-19)27-29(18)17-20-8-4-5-9-23(20)34(32,33)28-14-6-2-3-7-15-28/h4-5,8-13H,2-3,6-7,14-17H2,1H3,(H,30,31). The Hall–Kier alpha value is -2.68. The lowest BCUT2D eigenvalue weighted by atomic mass is 10.0. The van der Waals surface area contributed by atoms with Gasteiger partial charge in [-0.1, -0.05) is 54.8 Å². The Kier molecular flexibility index (Phi) is 7.40. The van der Waals surface area contributed by atoms with Crippen molar-refractivity contribution in [2.75, 3.05) is 13.1 Å². The minimum Gasteiger partial charge on any atom is -0.481 e. The molecule has 1 aromatic heterocycles. The summed E-state index contributed by atoms with van der Waals surface area (Å²) in [5, 5.41) is 14.8. The molecule has 1 N–H and O–H groups in total. The number of nitrogens with zero attached hydrogens (tertiary/aromatic N) is 3. The Labute approximate surface area is 205 Å². The third kappa shape index (κ3) is 5.19. The molecule has 2 aromatic carbocycles. The molecule has 0 amide bonds. The van der Waals surface area contributed by atoms with Crippen LogP contribution in [0.4, 0.5) is 0 Å². The molecule has 0 radical (unpaired) electrons. The summed E-state index contributed by atoms with van der Waals surface area (Å²) in [5.41, 5.74) is 3.23. The van der Waals surface area contributed by atoms with Gasteiger partial charge < -0.3 is 5.11 Å². The van der Waals surface area contributed by atoms with Gasteiger partial charge in [0.25, 0.3) is 0 Å². The van der Waals surface area contributed by atoms with Gasteiger partial charge in [0.15, 0.2) is 0 Å². The predicted octanol–water partition coefficient (Wildman–Crippen LogP) is 4.75. The Balaban J connectivity index is 1.74. The highest BCUT2D eigenvalue weighted by molar-refractivity contribution is 7.89. The summed E-state index contributed by atoms with van der Waals surface area (Å²) in [6, 6.07) is 14.1. The fourth-order valence-corrected chi connectivity index (χ4v) is 6.27. The van der Waals surface area contributed by atoms with Crippen LogP contribution in [-0.4, -0.2) is 46.7 Å². The third-order valence-corrected chi connectivity index (χ3v) is 8.50. The monoisotopic (exact) mass is 501 g/mol. The van der Waals surface area contributed by atoms with Crippen LogP contribution < -0.4 is 0 Å². The molecule has 34 heavy (non-hydrogen) atoms. The van der Waals surface area contributed by atoms with Gasteiger partial charge in [-0.3, -0.25) is 9.48 Å². The number of aliphatic carboxylic acids is 1. The number of hydrogen-bond donors (Lipinski definition) is 1. The van der Waals surface area contributed by atoms with E-state index in [1.165, 1.54) is 0 Å². The molecule has 1 saturated heterocycles. The van der Waals surface area contributed by atoms with Crippen molar-refractivity contribution in [2.45, 2.75) is 50.5 Å². The highest BCUT2D eigenvalue weighted by Gasteiger charge is 2.28. The highest BCUT2D eigenvalue weighted by atomic mass is 35.5. The predicted molar refractivity (Wildman–Crippen MR) is 132 cm³/mol. The van der Waals surface area contributed by atoms with Crippen molar-refractivity contribution < 1.29 is 18.3 Å². The zero-order valence-corrected chi connectivity index (χ0v) is 20.6. The fraction of sp³-hybridized carbons (Fsp3) is 0.360. The quantitative estimate of drug-likeness (QED) is 0.504. The van der Waals surface area contributed by atoms with Crippen LogP contribution in [0.2, 0.25) is 5.02 Å². The molecule has 0 aliphatic carbocycles. The van der Waals surface area contributed by atoms with Gasteiger partial charge in [0.1, 0.15) is 0 Å². The van der Waals surface area contributed by atoms with E-state index >= 15 is 0 Å². The van der Waals surface area contributed by atoms with Gasteiger partial charge in [-0.25, -0.2) is 8.42 Å². The maximum absolute atomic E-state index is 13.5. The van der Waals surface area contributed by atoms with E-state index in [1.807, 2.05) is 13.0 Å². The van der Waals surface area contributed by atoms with E-state index in [-0.39, 0.29) is 17.9 Å². The molecule has 180 valence electrons. The van der Waals surface area contributed by atoms with Gasteiger partial charge >= 0.3 is 5.97 Å². The minimum atomic E-state index is -3.64. The first-order chi connectivity index (χ1) is 16.3. The SMILES string of the molecule is Cc1c(CC(=O)O)c(-c2ccc(Cl)cc2)nn1Cc1ccccc1S(=O)(=O)N1CCCCCC1. The fourth-order valence-electron chi connectivity index (χ4n) is 4.41. The number of hydrogen-bond acceptors (Lipinski definition) is 4. The maximum Gasteiger partial charge on any atom is 0.307 e. The second-order valence-corrected chi connectivity index (χ2v) is 10.9. The number of rotatable bonds is 7. The van der Waals surface area contributed by atoms with Crippen molar-refractivity contribution in [3.8, 4) is 11.3 Å². The first-order valence-electron chi connectivity index (χ1n) is 11.4. The van der Waals surface area contributed by atoms with Crippen LogP contribution in [0.15, 0.2) is 53.4 Å². The molecule has 2 heterocycles. The van der Waals surface area contributed by atoms with Crippen molar-refractivity contribution >= 4 is 27.6 Å². The summed E-state index contributed by atoms with van der Waals surface area (Å²) in [4.78, 5) is 11.8.